The van der Waals surface area contributed by atoms with Crippen molar-refractivity contribution in [3.05, 3.63) is 70.8 Å². The summed E-state index contributed by atoms with van der Waals surface area (Å²) in [7, 11) is 0. The zero-order valence-electron chi connectivity index (χ0n) is 11.9. The van der Waals surface area contributed by atoms with Gasteiger partial charge in [0, 0.05) is 0 Å². The number of aliphatic hydroxyl groups is 1. The summed E-state index contributed by atoms with van der Waals surface area (Å²) in [4.78, 5) is 26.6. The van der Waals surface area contributed by atoms with Gasteiger partial charge in [0.25, 0.3) is 11.8 Å². The van der Waals surface area contributed by atoms with Gasteiger partial charge < -0.3 is 5.11 Å². The molecule has 4 rings (SSSR count). The molecule has 0 fully saturated rings. The molecule has 2 amide bonds. The minimum Gasteiger partial charge on any atom is -0.388 e. The van der Waals surface area contributed by atoms with E-state index in [0.717, 1.165) is 11.1 Å². The summed E-state index contributed by atoms with van der Waals surface area (Å²) in [6.45, 7) is 0. The lowest BCUT2D eigenvalue weighted by Gasteiger charge is -2.33. The highest BCUT2D eigenvalue weighted by Crippen LogP contribution is 2.42. The highest BCUT2D eigenvalue weighted by Gasteiger charge is 2.42. The summed E-state index contributed by atoms with van der Waals surface area (Å²) in [5.41, 5.74) is 2.62. The third-order valence-corrected chi connectivity index (χ3v) is 4.56. The van der Waals surface area contributed by atoms with Gasteiger partial charge in [0.1, 0.15) is 0 Å². The highest BCUT2D eigenvalue weighted by atomic mass is 16.3. The number of imide groups is 1. The van der Waals surface area contributed by atoms with E-state index in [1.54, 1.807) is 24.3 Å². The number of rotatable bonds is 1. The number of fused-ring (bicyclic) bond motifs is 2. The molecule has 1 N–H and O–H groups in total. The molecule has 2 aliphatic rings. The Morgan fingerprint density at radius 2 is 1.36 bits per heavy atom. The zero-order chi connectivity index (χ0) is 15.3. The molecule has 1 aliphatic carbocycles. The molecule has 1 aliphatic heterocycles. The van der Waals surface area contributed by atoms with Crippen LogP contribution in [0.15, 0.2) is 48.5 Å². The average Bonchev–Trinajstić information content (AvgIpc) is 2.81. The number of carbonyl (C=O) groups excluding carboxylic acids is 2. The van der Waals surface area contributed by atoms with Crippen molar-refractivity contribution in [1.82, 2.24) is 4.90 Å². The summed E-state index contributed by atoms with van der Waals surface area (Å²) in [5, 5.41) is 10.1. The quantitative estimate of drug-likeness (QED) is 0.823. The van der Waals surface area contributed by atoms with Crippen LogP contribution in [0.3, 0.4) is 0 Å². The topological polar surface area (TPSA) is 57.6 Å². The lowest BCUT2D eigenvalue weighted by Crippen LogP contribution is -2.36. The number of hydrogen-bond donors (Lipinski definition) is 1. The molecule has 0 bridgehead atoms. The molecule has 0 saturated carbocycles. The lowest BCUT2D eigenvalue weighted by atomic mass is 9.85. The van der Waals surface area contributed by atoms with Gasteiger partial charge in [-0.15, -0.1) is 0 Å². The number of nitrogens with zero attached hydrogens (tertiary/aromatic N) is 1. The molecule has 0 spiro atoms. The third-order valence-electron chi connectivity index (χ3n) is 4.56. The monoisotopic (exact) mass is 293 g/mol. The molecule has 4 heteroatoms. The van der Waals surface area contributed by atoms with Crippen molar-refractivity contribution in [2.75, 3.05) is 0 Å². The summed E-state index contributed by atoms with van der Waals surface area (Å²) in [5.74, 6) is -0.478. The van der Waals surface area contributed by atoms with Gasteiger partial charge in [-0.3, -0.25) is 14.5 Å². The Balaban J connectivity index is 1.80. The first-order valence-corrected chi connectivity index (χ1v) is 7.42. The number of amides is 2. The fourth-order valence-corrected chi connectivity index (χ4v) is 3.50. The Hall–Kier alpha value is -2.46. The summed E-state index contributed by atoms with van der Waals surface area (Å²) in [6, 6.07) is 14.1. The Morgan fingerprint density at radius 3 is 2.00 bits per heavy atom. The molecule has 0 saturated heterocycles. The number of benzene rings is 2. The van der Waals surface area contributed by atoms with Crippen LogP contribution in [0.5, 0.6) is 0 Å². The van der Waals surface area contributed by atoms with Crippen molar-refractivity contribution in [3.8, 4) is 0 Å². The Kier molecular flexibility index (Phi) is 2.87. The molecule has 4 nitrogen and oxygen atoms in total. The van der Waals surface area contributed by atoms with Gasteiger partial charge in [0.2, 0.25) is 0 Å². The summed E-state index contributed by atoms with van der Waals surface area (Å²) < 4.78 is 0. The van der Waals surface area contributed by atoms with Crippen LogP contribution >= 0.6 is 0 Å². The number of hydrogen-bond acceptors (Lipinski definition) is 3. The van der Waals surface area contributed by atoms with Gasteiger partial charge in [0.15, 0.2) is 0 Å². The minimum absolute atomic E-state index is 0.239. The van der Waals surface area contributed by atoms with Crippen LogP contribution in [0.1, 0.15) is 56.8 Å². The first-order valence-electron chi connectivity index (χ1n) is 7.42. The molecular weight excluding hydrogens is 278 g/mol. The normalized spacial score (nSPS) is 23.4. The van der Waals surface area contributed by atoms with E-state index in [9.17, 15) is 14.7 Å². The van der Waals surface area contributed by atoms with Crippen molar-refractivity contribution in [3.63, 3.8) is 0 Å². The van der Waals surface area contributed by atoms with Crippen LogP contribution in [0.4, 0.5) is 0 Å². The number of aliphatic hydroxyl groups excluding tert-OH is 1. The average molecular weight is 293 g/mol. The zero-order valence-corrected chi connectivity index (χ0v) is 11.9. The molecule has 0 radical (unpaired) electrons. The maximum atomic E-state index is 12.6. The van der Waals surface area contributed by atoms with E-state index >= 15 is 0 Å². The van der Waals surface area contributed by atoms with Crippen molar-refractivity contribution in [2.45, 2.75) is 25.0 Å². The van der Waals surface area contributed by atoms with E-state index in [4.69, 9.17) is 0 Å². The van der Waals surface area contributed by atoms with Crippen LogP contribution in [0.2, 0.25) is 0 Å². The predicted octanol–water partition coefficient (Wildman–Crippen LogP) is 2.85. The van der Waals surface area contributed by atoms with Crippen molar-refractivity contribution >= 4 is 11.8 Å². The molecule has 1 heterocycles. The maximum absolute atomic E-state index is 12.6. The highest BCUT2D eigenvalue weighted by molar-refractivity contribution is 6.21. The van der Waals surface area contributed by atoms with E-state index in [1.165, 1.54) is 4.90 Å². The Bertz CT molecular complexity index is 748. The van der Waals surface area contributed by atoms with Gasteiger partial charge in [0.05, 0.1) is 23.3 Å². The smallest absolute Gasteiger partial charge is 0.262 e. The lowest BCUT2D eigenvalue weighted by molar-refractivity contribution is 0.0524. The first kappa shape index (κ1) is 13.2. The molecule has 110 valence electrons. The van der Waals surface area contributed by atoms with Crippen LogP contribution < -0.4 is 0 Å². The van der Waals surface area contributed by atoms with E-state index in [1.807, 2.05) is 24.3 Å². The van der Waals surface area contributed by atoms with Crippen LogP contribution in [-0.4, -0.2) is 21.8 Å². The SMILES string of the molecule is O=C1c2ccccc2C(=O)N1C1CCC(O)c2ccccc21. The molecule has 0 aromatic heterocycles. The van der Waals surface area contributed by atoms with E-state index in [2.05, 4.69) is 0 Å². The van der Waals surface area contributed by atoms with Crippen LogP contribution in [0, 0.1) is 0 Å². The van der Waals surface area contributed by atoms with E-state index in [-0.39, 0.29) is 17.9 Å². The van der Waals surface area contributed by atoms with Crippen molar-refractivity contribution in [2.24, 2.45) is 0 Å². The van der Waals surface area contributed by atoms with Crippen molar-refractivity contribution < 1.29 is 14.7 Å². The van der Waals surface area contributed by atoms with E-state index < -0.39 is 6.10 Å². The van der Waals surface area contributed by atoms with Gasteiger partial charge in [-0.25, -0.2) is 0 Å². The Morgan fingerprint density at radius 1 is 0.818 bits per heavy atom. The maximum Gasteiger partial charge on any atom is 0.262 e. The first-order chi connectivity index (χ1) is 10.7. The fourth-order valence-electron chi connectivity index (χ4n) is 3.50. The van der Waals surface area contributed by atoms with Gasteiger partial charge in [-0.1, -0.05) is 36.4 Å². The molecule has 22 heavy (non-hydrogen) atoms. The molecule has 2 unspecified atom stereocenters. The Labute approximate surface area is 128 Å². The van der Waals surface area contributed by atoms with Gasteiger partial charge in [-0.2, -0.15) is 0 Å². The van der Waals surface area contributed by atoms with Gasteiger partial charge in [-0.05, 0) is 36.1 Å². The van der Waals surface area contributed by atoms with Crippen LogP contribution in [-0.2, 0) is 0 Å². The van der Waals surface area contributed by atoms with Crippen LogP contribution in [0.25, 0.3) is 0 Å². The second-order valence-electron chi connectivity index (χ2n) is 5.76. The number of carbonyl (C=O) groups is 2. The summed E-state index contributed by atoms with van der Waals surface area (Å²) in [6.07, 6.45) is 0.612. The van der Waals surface area contributed by atoms with Crippen molar-refractivity contribution in [1.29, 1.82) is 0 Å². The molecule has 2 aromatic rings. The summed E-state index contributed by atoms with van der Waals surface area (Å²) >= 11 is 0. The predicted molar refractivity (Wildman–Crippen MR) is 80.3 cm³/mol. The van der Waals surface area contributed by atoms with Gasteiger partial charge >= 0.3 is 0 Å². The molecule has 2 atom stereocenters. The molecular formula is C18H15NO3. The largest absolute Gasteiger partial charge is 0.388 e. The molecule has 2 aromatic carbocycles. The second kappa shape index (κ2) is 4.78. The second-order valence-corrected chi connectivity index (χ2v) is 5.76. The third kappa shape index (κ3) is 1.74. The minimum atomic E-state index is -0.525. The fraction of sp³-hybridized carbons (Fsp3) is 0.222. The standard InChI is InChI=1S/C18H15NO3/c20-16-10-9-15(11-5-1-2-6-12(11)16)19-17(21)13-7-3-4-8-14(13)18(19)22/h1-8,15-16,20H,9-10H2. The van der Waals surface area contributed by atoms with E-state index in [0.29, 0.717) is 24.0 Å².